The van der Waals surface area contributed by atoms with Crippen molar-refractivity contribution >= 4 is 34.1 Å². The lowest BCUT2D eigenvalue weighted by Crippen LogP contribution is -2.42. The van der Waals surface area contributed by atoms with Gasteiger partial charge in [0.25, 0.3) is 0 Å². The van der Waals surface area contributed by atoms with Crippen LogP contribution in [0.3, 0.4) is 0 Å². The molecule has 0 saturated heterocycles. The van der Waals surface area contributed by atoms with E-state index in [0.29, 0.717) is 36.4 Å². The molecule has 1 atom stereocenters. The minimum absolute atomic E-state index is 0.0638. The third kappa shape index (κ3) is 5.58. The summed E-state index contributed by atoms with van der Waals surface area (Å²) in [4.78, 5) is 15.9. The van der Waals surface area contributed by atoms with Crippen molar-refractivity contribution in [1.82, 2.24) is 0 Å². The maximum Gasteiger partial charge on any atom is 0.162 e. The van der Waals surface area contributed by atoms with Crippen molar-refractivity contribution in [3.8, 4) is 17.6 Å². The molecule has 0 bridgehead atoms. The minimum atomic E-state index is -0.543. The van der Waals surface area contributed by atoms with Crippen molar-refractivity contribution in [2.45, 2.75) is 53.1 Å². The number of carbonyl (C=O) groups excluding carboxylic acids is 1. The van der Waals surface area contributed by atoms with E-state index in [2.05, 4.69) is 54.6 Å². The van der Waals surface area contributed by atoms with Crippen molar-refractivity contribution in [3.05, 3.63) is 109 Å². The van der Waals surface area contributed by atoms with Crippen molar-refractivity contribution in [2.75, 3.05) is 12.0 Å². The molecule has 1 heterocycles. The van der Waals surface area contributed by atoms with Crippen molar-refractivity contribution in [3.63, 3.8) is 0 Å². The number of anilines is 1. The Kier molecular flexibility index (Phi) is 7.89. The number of nitriles is 1. The van der Waals surface area contributed by atoms with Crippen LogP contribution in [0.5, 0.6) is 11.5 Å². The number of nitrogens with two attached hydrogens (primary N) is 1. The third-order valence-corrected chi connectivity index (χ3v) is 8.65. The summed E-state index contributed by atoms with van der Waals surface area (Å²) < 4.78 is 12.5. The fraction of sp³-hybridized carbons (Fsp3) is 0.294. The fourth-order valence-corrected chi connectivity index (χ4v) is 6.31. The molecule has 0 fully saturated rings. The van der Waals surface area contributed by atoms with Crippen LogP contribution in [0.25, 0.3) is 0 Å². The highest BCUT2D eigenvalue weighted by atomic mass is 127. The van der Waals surface area contributed by atoms with Gasteiger partial charge in [0.05, 0.1) is 24.7 Å². The molecule has 0 amide bonds. The Morgan fingerprint density at radius 1 is 1.05 bits per heavy atom. The number of hydrogen-bond donors (Lipinski definition) is 1. The molecule has 5 rings (SSSR count). The van der Waals surface area contributed by atoms with Crippen molar-refractivity contribution in [1.29, 1.82) is 5.26 Å². The Bertz CT molecular complexity index is 1610. The quantitative estimate of drug-likeness (QED) is 0.277. The van der Waals surface area contributed by atoms with Gasteiger partial charge in [-0.3, -0.25) is 9.69 Å². The number of rotatable bonds is 6. The first kappa shape index (κ1) is 28.7. The maximum atomic E-state index is 14.0. The van der Waals surface area contributed by atoms with Gasteiger partial charge in [-0.1, -0.05) is 31.5 Å². The fourth-order valence-electron chi connectivity index (χ4n) is 5.95. The van der Waals surface area contributed by atoms with Crippen LogP contribution in [-0.4, -0.2) is 12.9 Å². The molecule has 1 aliphatic carbocycles. The van der Waals surface area contributed by atoms with Gasteiger partial charge in [0, 0.05) is 26.9 Å². The average molecular weight is 660 g/mol. The number of carbonyl (C=O) groups is 1. The molecule has 2 N–H and O–H groups in total. The highest BCUT2D eigenvalue weighted by molar-refractivity contribution is 14.1. The summed E-state index contributed by atoms with van der Waals surface area (Å²) in [6.07, 6.45) is 1.09. The summed E-state index contributed by atoms with van der Waals surface area (Å²) >= 11 is 2.27. The predicted octanol–water partition coefficient (Wildman–Crippen LogP) is 7.44. The number of halogens is 1. The van der Waals surface area contributed by atoms with E-state index in [4.69, 9.17) is 15.2 Å². The molecule has 2 aliphatic rings. The normalized spacial score (nSPS) is 18.2. The lowest BCUT2D eigenvalue weighted by atomic mass is 9.68. The molecule has 1 aliphatic heterocycles. The molecule has 0 spiro atoms. The second-order valence-corrected chi connectivity index (χ2v) is 12.8. The number of nitrogens with zero attached hydrogens (tertiary/aromatic N) is 2. The van der Waals surface area contributed by atoms with Gasteiger partial charge in [-0.15, -0.1) is 0 Å². The molecule has 7 heteroatoms. The number of ketones is 1. The molecule has 0 saturated carbocycles. The van der Waals surface area contributed by atoms with Crippen molar-refractivity contribution in [2.24, 2.45) is 11.1 Å². The number of Topliss-reactive ketones (excluding diaryl/α,β-unsaturated/α-hetero) is 1. The monoisotopic (exact) mass is 659 g/mol. The largest absolute Gasteiger partial charge is 0.497 e. The summed E-state index contributed by atoms with van der Waals surface area (Å²) in [6, 6.07) is 22.1. The Morgan fingerprint density at radius 2 is 1.71 bits per heavy atom. The SMILES string of the molecule is COc1ccc(OCc2cc(C)cc(C3C(C#N)=C(N)N(c4ccc(I)cc4)C4=C3C(=O)CC(C)(C)C4)c2C)cc1. The Morgan fingerprint density at radius 3 is 2.34 bits per heavy atom. The second-order valence-electron chi connectivity index (χ2n) is 11.6. The van der Waals surface area contributed by atoms with E-state index >= 15 is 0 Å². The Labute approximate surface area is 255 Å². The van der Waals surface area contributed by atoms with Crippen molar-refractivity contribution < 1.29 is 14.3 Å². The summed E-state index contributed by atoms with van der Waals surface area (Å²) in [5.74, 6) is 1.39. The standard InChI is InChI=1S/C34H34IN3O3/c1-20-14-22(19-41-26-12-10-25(40-5)11-13-26)21(2)27(15-20)31-28(18-36)33(37)38(24-8-6-23(35)7-9-24)29-16-34(3,4)17-30(39)32(29)31/h6-15,31H,16-17,19,37H2,1-5H3. The number of hydrogen-bond acceptors (Lipinski definition) is 6. The van der Waals surface area contributed by atoms with Gasteiger partial charge < -0.3 is 15.2 Å². The van der Waals surface area contributed by atoms with Gasteiger partial charge >= 0.3 is 0 Å². The molecule has 3 aromatic rings. The number of allylic oxidation sites excluding steroid dienone is 3. The number of methoxy groups -OCH3 is 1. The van der Waals surface area contributed by atoms with E-state index in [-0.39, 0.29) is 11.2 Å². The number of ether oxygens (including phenoxy) is 2. The summed E-state index contributed by atoms with van der Waals surface area (Å²) in [7, 11) is 1.63. The first-order valence-electron chi connectivity index (χ1n) is 13.6. The van der Waals surface area contributed by atoms with Crippen LogP contribution in [0.15, 0.2) is 83.3 Å². The molecule has 0 aromatic heterocycles. The molecular formula is C34H34IN3O3. The molecule has 210 valence electrons. The zero-order chi connectivity index (χ0) is 29.5. The van der Waals surface area contributed by atoms with Gasteiger partial charge in [0.1, 0.15) is 23.9 Å². The van der Waals surface area contributed by atoms with Crippen LogP contribution in [0.4, 0.5) is 5.69 Å². The average Bonchev–Trinajstić information content (AvgIpc) is 2.93. The third-order valence-electron chi connectivity index (χ3n) is 7.93. The van der Waals surface area contributed by atoms with Crippen LogP contribution in [-0.2, 0) is 11.4 Å². The van der Waals surface area contributed by atoms with Gasteiger partial charge in [-0.05, 0) is 113 Å². The smallest absolute Gasteiger partial charge is 0.162 e. The van der Waals surface area contributed by atoms with Crippen LogP contribution in [0.2, 0.25) is 0 Å². The van der Waals surface area contributed by atoms with Gasteiger partial charge in [-0.2, -0.15) is 5.26 Å². The summed E-state index contributed by atoms with van der Waals surface area (Å²) in [5, 5.41) is 10.5. The molecule has 1 unspecified atom stereocenters. The lowest BCUT2D eigenvalue weighted by molar-refractivity contribution is -0.118. The highest BCUT2D eigenvalue weighted by Gasteiger charge is 2.45. The Balaban J connectivity index is 1.63. The zero-order valence-corrected chi connectivity index (χ0v) is 26.2. The van der Waals surface area contributed by atoms with E-state index in [9.17, 15) is 10.1 Å². The van der Waals surface area contributed by atoms with E-state index in [1.54, 1.807) is 7.11 Å². The maximum absolute atomic E-state index is 14.0. The van der Waals surface area contributed by atoms with Crippen LogP contribution >= 0.6 is 22.6 Å². The molecule has 0 radical (unpaired) electrons. The number of aryl methyl sites for hydroxylation is 1. The molecule has 41 heavy (non-hydrogen) atoms. The second kappa shape index (κ2) is 11.2. The zero-order valence-electron chi connectivity index (χ0n) is 24.0. The Hall–Kier alpha value is -3.77. The first-order chi connectivity index (χ1) is 19.5. The van der Waals surface area contributed by atoms with E-state index in [1.807, 2.05) is 67.3 Å². The van der Waals surface area contributed by atoms with Crippen LogP contribution < -0.4 is 20.1 Å². The van der Waals surface area contributed by atoms with Gasteiger partial charge in [0.2, 0.25) is 0 Å². The topological polar surface area (TPSA) is 88.6 Å². The molecular weight excluding hydrogens is 625 g/mol. The van der Waals surface area contributed by atoms with E-state index in [0.717, 1.165) is 48.7 Å². The molecule has 3 aromatic carbocycles. The van der Waals surface area contributed by atoms with Crippen LogP contribution in [0.1, 0.15) is 54.9 Å². The van der Waals surface area contributed by atoms with E-state index < -0.39 is 5.92 Å². The summed E-state index contributed by atoms with van der Waals surface area (Å²) in [6.45, 7) is 8.64. The summed E-state index contributed by atoms with van der Waals surface area (Å²) in [5.41, 5.74) is 13.4. The molecule has 6 nitrogen and oxygen atoms in total. The van der Waals surface area contributed by atoms with Gasteiger partial charge in [0.15, 0.2) is 5.78 Å². The number of benzene rings is 3. The highest BCUT2D eigenvalue weighted by Crippen LogP contribution is 2.51. The first-order valence-corrected chi connectivity index (χ1v) is 14.7. The van der Waals surface area contributed by atoms with Crippen LogP contribution in [0, 0.1) is 34.2 Å². The van der Waals surface area contributed by atoms with E-state index in [1.165, 1.54) is 0 Å². The van der Waals surface area contributed by atoms with Gasteiger partial charge in [-0.25, -0.2) is 0 Å². The lowest BCUT2D eigenvalue weighted by Gasteiger charge is -2.44. The minimum Gasteiger partial charge on any atom is -0.497 e. The predicted molar refractivity (Wildman–Crippen MR) is 169 cm³/mol.